The third kappa shape index (κ3) is 5.55. The van der Waals surface area contributed by atoms with Gasteiger partial charge in [0.1, 0.15) is 28.6 Å². The summed E-state index contributed by atoms with van der Waals surface area (Å²) in [6, 6.07) is 19.4. The number of aryl methyl sites for hydroxylation is 2. The second-order valence-electron chi connectivity index (χ2n) is 9.02. The number of sulfone groups is 1. The summed E-state index contributed by atoms with van der Waals surface area (Å²) >= 11 is 0. The molecule has 36 heavy (non-hydrogen) atoms. The second-order valence-corrected chi connectivity index (χ2v) is 11.0. The van der Waals surface area contributed by atoms with Crippen LogP contribution in [-0.4, -0.2) is 58.7 Å². The van der Waals surface area contributed by atoms with E-state index in [9.17, 15) is 13.2 Å². The van der Waals surface area contributed by atoms with Gasteiger partial charge >= 0.3 is 0 Å². The van der Waals surface area contributed by atoms with Crippen LogP contribution in [0.2, 0.25) is 0 Å². The molecule has 1 aliphatic heterocycles. The van der Waals surface area contributed by atoms with Crippen LogP contribution in [0.4, 0.5) is 0 Å². The normalized spacial score (nSPS) is 17.7. The van der Waals surface area contributed by atoms with Gasteiger partial charge in [-0.2, -0.15) is 0 Å². The zero-order valence-corrected chi connectivity index (χ0v) is 21.7. The number of hydrogen-bond acceptors (Lipinski definition) is 6. The number of rotatable bonds is 8. The number of amides is 1. The number of likely N-dealkylation sites (tertiary alicyclic amines) is 1. The number of carbonyl (C=O) groups excluding carboxylic acids is 1. The summed E-state index contributed by atoms with van der Waals surface area (Å²) < 4.78 is 43.2. The predicted molar refractivity (Wildman–Crippen MR) is 137 cm³/mol. The Morgan fingerprint density at radius 1 is 0.944 bits per heavy atom. The molecule has 0 unspecified atom stereocenters. The number of carbonyl (C=O) groups is 1. The fourth-order valence-corrected chi connectivity index (χ4v) is 5.96. The van der Waals surface area contributed by atoms with Gasteiger partial charge in [-0.1, -0.05) is 42.0 Å². The Labute approximate surface area is 212 Å². The first kappa shape index (κ1) is 25.7. The molecule has 2 atom stereocenters. The highest BCUT2D eigenvalue weighted by Crippen LogP contribution is 2.28. The quantitative estimate of drug-likeness (QED) is 0.453. The van der Waals surface area contributed by atoms with Gasteiger partial charge in [0.25, 0.3) is 5.91 Å². The van der Waals surface area contributed by atoms with Crippen molar-refractivity contribution in [2.75, 3.05) is 27.3 Å². The Balaban J connectivity index is 1.49. The highest BCUT2D eigenvalue weighted by atomic mass is 32.2. The average Bonchev–Trinajstić information content (AvgIpc) is 3.27. The summed E-state index contributed by atoms with van der Waals surface area (Å²) in [4.78, 5) is 15.1. The molecule has 3 aromatic carbocycles. The van der Waals surface area contributed by atoms with Crippen molar-refractivity contribution in [2.45, 2.75) is 36.7 Å². The molecule has 0 N–H and O–H groups in total. The molecule has 190 valence electrons. The standard InChI is InChI=1S/C28H31NO6S/c1-19-12-13-20(2)23(14-19)28(30)29-16-25(34-4)26(17-29)35-22-9-7-8-21(15-22)18-36(31,32)27-11-6-5-10-24(27)33-3/h5-15,25-26H,16-18H2,1-4H3/t25-,26-/m1/s1. The third-order valence-electron chi connectivity index (χ3n) is 6.38. The van der Waals surface area contributed by atoms with Crippen molar-refractivity contribution in [3.8, 4) is 11.5 Å². The van der Waals surface area contributed by atoms with Crippen molar-refractivity contribution in [3.05, 3.63) is 89.0 Å². The van der Waals surface area contributed by atoms with Gasteiger partial charge in [-0.15, -0.1) is 0 Å². The van der Waals surface area contributed by atoms with E-state index in [1.807, 2.05) is 32.0 Å². The number of para-hydroxylation sites is 1. The summed E-state index contributed by atoms with van der Waals surface area (Å²) in [5, 5.41) is 0. The lowest BCUT2D eigenvalue weighted by molar-refractivity contribution is 0.0339. The van der Waals surface area contributed by atoms with Crippen LogP contribution in [0.3, 0.4) is 0 Å². The summed E-state index contributed by atoms with van der Waals surface area (Å²) in [6.07, 6.45) is -0.690. The third-order valence-corrected chi connectivity index (χ3v) is 8.10. The Morgan fingerprint density at radius 2 is 1.69 bits per heavy atom. The van der Waals surface area contributed by atoms with Gasteiger partial charge in [0.15, 0.2) is 9.84 Å². The van der Waals surface area contributed by atoms with Gasteiger partial charge < -0.3 is 19.1 Å². The lowest BCUT2D eigenvalue weighted by Gasteiger charge is -2.19. The van der Waals surface area contributed by atoms with Crippen LogP contribution in [0.15, 0.2) is 71.6 Å². The molecular weight excluding hydrogens is 478 g/mol. The van der Waals surface area contributed by atoms with Crippen LogP contribution in [0.5, 0.6) is 11.5 Å². The van der Waals surface area contributed by atoms with Crippen molar-refractivity contribution >= 4 is 15.7 Å². The molecular formula is C28H31NO6S. The highest BCUT2D eigenvalue weighted by molar-refractivity contribution is 7.90. The topological polar surface area (TPSA) is 82.1 Å². The van der Waals surface area contributed by atoms with Crippen LogP contribution in [0, 0.1) is 13.8 Å². The summed E-state index contributed by atoms with van der Waals surface area (Å²) in [6.45, 7) is 4.67. The van der Waals surface area contributed by atoms with Crippen molar-refractivity contribution in [1.82, 2.24) is 4.90 Å². The van der Waals surface area contributed by atoms with Gasteiger partial charge in [-0.25, -0.2) is 8.42 Å². The van der Waals surface area contributed by atoms with E-state index >= 15 is 0 Å². The summed E-state index contributed by atoms with van der Waals surface area (Å²) in [5.74, 6) is 0.587. The van der Waals surface area contributed by atoms with Crippen LogP contribution >= 0.6 is 0 Å². The minimum Gasteiger partial charge on any atom is -0.495 e. The van der Waals surface area contributed by atoms with Crippen molar-refractivity contribution in [2.24, 2.45) is 0 Å². The molecule has 4 rings (SSSR count). The summed E-state index contributed by atoms with van der Waals surface area (Å²) in [5.41, 5.74) is 3.22. The molecule has 0 aromatic heterocycles. The zero-order chi connectivity index (χ0) is 25.9. The van der Waals surface area contributed by atoms with E-state index in [1.165, 1.54) is 13.2 Å². The van der Waals surface area contributed by atoms with E-state index in [1.54, 1.807) is 54.5 Å². The number of benzene rings is 3. The van der Waals surface area contributed by atoms with Crippen LogP contribution < -0.4 is 9.47 Å². The molecule has 0 bridgehead atoms. The van der Waals surface area contributed by atoms with E-state index in [-0.39, 0.29) is 28.8 Å². The lowest BCUT2D eigenvalue weighted by Crippen LogP contribution is -2.32. The first-order valence-corrected chi connectivity index (χ1v) is 13.4. The van der Waals surface area contributed by atoms with E-state index < -0.39 is 9.84 Å². The maximum atomic E-state index is 13.2. The molecule has 0 aliphatic carbocycles. The molecule has 1 aliphatic rings. The highest BCUT2D eigenvalue weighted by Gasteiger charge is 2.37. The van der Waals surface area contributed by atoms with Gasteiger partial charge in [-0.3, -0.25) is 4.79 Å². The van der Waals surface area contributed by atoms with Crippen LogP contribution in [0.1, 0.15) is 27.0 Å². The van der Waals surface area contributed by atoms with Gasteiger partial charge in [0.2, 0.25) is 0 Å². The molecule has 7 nitrogen and oxygen atoms in total. The van der Waals surface area contributed by atoms with Gasteiger partial charge in [-0.05, 0) is 55.3 Å². The van der Waals surface area contributed by atoms with E-state index in [2.05, 4.69) is 0 Å². The lowest BCUT2D eigenvalue weighted by atomic mass is 10.0. The molecule has 1 amide bonds. The molecule has 3 aromatic rings. The molecule has 1 saturated heterocycles. The van der Waals surface area contributed by atoms with E-state index in [0.29, 0.717) is 35.7 Å². The summed E-state index contributed by atoms with van der Waals surface area (Å²) in [7, 11) is -0.582. The number of methoxy groups -OCH3 is 2. The predicted octanol–water partition coefficient (Wildman–Crippen LogP) is 4.20. The Kier molecular flexibility index (Phi) is 7.66. The van der Waals surface area contributed by atoms with Crippen LogP contribution in [0.25, 0.3) is 0 Å². The number of nitrogens with zero attached hydrogens (tertiary/aromatic N) is 1. The van der Waals surface area contributed by atoms with Crippen molar-refractivity contribution in [3.63, 3.8) is 0 Å². The SMILES string of the molecule is COc1ccccc1S(=O)(=O)Cc1cccc(O[C@@H]2CN(C(=O)c3cc(C)ccc3C)C[C@H]2OC)c1. The first-order chi connectivity index (χ1) is 17.2. The number of ether oxygens (including phenoxy) is 3. The van der Waals surface area contributed by atoms with E-state index in [4.69, 9.17) is 14.2 Å². The minimum absolute atomic E-state index is 0.0546. The fourth-order valence-electron chi connectivity index (χ4n) is 4.44. The zero-order valence-electron chi connectivity index (χ0n) is 20.9. The first-order valence-electron chi connectivity index (χ1n) is 11.7. The molecule has 0 saturated carbocycles. The molecule has 0 spiro atoms. The maximum Gasteiger partial charge on any atom is 0.254 e. The van der Waals surface area contributed by atoms with Gasteiger partial charge in [0, 0.05) is 12.7 Å². The minimum atomic E-state index is -3.63. The largest absolute Gasteiger partial charge is 0.495 e. The molecule has 1 heterocycles. The smallest absolute Gasteiger partial charge is 0.254 e. The second kappa shape index (κ2) is 10.7. The van der Waals surface area contributed by atoms with Crippen LogP contribution in [-0.2, 0) is 20.3 Å². The molecule has 0 radical (unpaired) electrons. The fraction of sp³-hybridized carbons (Fsp3) is 0.321. The Bertz CT molecular complexity index is 1350. The number of hydrogen-bond donors (Lipinski definition) is 0. The molecule has 1 fully saturated rings. The maximum absolute atomic E-state index is 13.2. The average molecular weight is 510 g/mol. The van der Waals surface area contributed by atoms with Crippen molar-refractivity contribution < 1.29 is 27.4 Å². The molecule has 8 heteroatoms. The Morgan fingerprint density at radius 3 is 2.44 bits per heavy atom. The Hall–Kier alpha value is -3.36. The van der Waals surface area contributed by atoms with E-state index in [0.717, 1.165) is 11.1 Å². The van der Waals surface area contributed by atoms with Gasteiger partial charge in [0.05, 0.1) is 26.0 Å². The van der Waals surface area contributed by atoms with Crippen molar-refractivity contribution in [1.29, 1.82) is 0 Å². The monoisotopic (exact) mass is 509 g/mol.